The Hall–Kier alpha value is -0.700. The molecule has 0 saturated carbocycles. The monoisotopic (exact) mass is 150 g/mol. The van der Waals surface area contributed by atoms with E-state index in [-0.39, 0.29) is 0 Å². The first-order chi connectivity index (χ1) is 5.43. The van der Waals surface area contributed by atoms with E-state index in [9.17, 15) is 0 Å². The van der Waals surface area contributed by atoms with Gasteiger partial charge in [0, 0.05) is 0 Å². The van der Waals surface area contributed by atoms with Crippen molar-refractivity contribution < 1.29 is 0 Å². The lowest BCUT2D eigenvalue weighted by molar-refractivity contribution is 0.715. The van der Waals surface area contributed by atoms with Gasteiger partial charge in [-0.05, 0) is 38.2 Å². The summed E-state index contributed by atoms with van der Waals surface area (Å²) in [5.41, 5.74) is 1.35. The lowest BCUT2D eigenvalue weighted by atomic mass is 10.0. The van der Waals surface area contributed by atoms with Crippen molar-refractivity contribution in [2.75, 3.05) is 0 Å². The van der Waals surface area contributed by atoms with E-state index in [0.717, 1.165) is 0 Å². The minimum Gasteiger partial charge on any atom is -0.102 e. The van der Waals surface area contributed by atoms with Crippen LogP contribution in [0, 0.1) is 11.8 Å². The Balaban J connectivity index is 0.000000461. The third-order valence-corrected chi connectivity index (χ3v) is 1.58. The van der Waals surface area contributed by atoms with Gasteiger partial charge < -0.3 is 0 Å². The second-order valence-electron chi connectivity index (χ2n) is 2.35. The van der Waals surface area contributed by atoms with Crippen LogP contribution < -0.4 is 0 Å². The van der Waals surface area contributed by atoms with Gasteiger partial charge in [0.1, 0.15) is 0 Å². The van der Waals surface area contributed by atoms with Crippen molar-refractivity contribution in [1.82, 2.24) is 0 Å². The molecule has 0 aromatic rings. The number of allylic oxidation sites excluding steroid dienone is 2. The second-order valence-corrected chi connectivity index (χ2v) is 2.35. The molecule has 0 fully saturated rings. The molecule has 0 nitrogen and oxygen atoms in total. The van der Waals surface area contributed by atoms with Crippen LogP contribution in [0.15, 0.2) is 11.6 Å². The molecule has 0 unspecified atom stereocenters. The fourth-order valence-corrected chi connectivity index (χ4v) is 1.11. The molecule has 0 heteroatoms. The van der Waals surface area contributed by atoms with Gasteiger partial charge in [0.2, 0.25) is 0 Å². The fraction of sp³-hybridized carbons (Fsp3) is 0.636. The zero-order valence-electron chi connectivity index (χ0n) is 7.91. The van der Waals surface area contributed by atoms with Crippen LogP contribution in [0.1, 0.15) is 46.5 Å². The minimum absolute atomic E-state index is 1.21. The average molecular weight is 150 g/mol. The van der Waals surface area contributed by atoms with Crippen molar-refractivity contribution >= 4 is 0 Å². The molecule has 0 heterocycles. The molecule has 1 aliphatic carbocycles. The quantitative estimate of drug-likeness (QED) is 0.463. The maximum Gasteiger partial charge on any atom is -0.00197 e. The predicted molar refractivity (Wildman–Crippen MR) is 51.3 cm³/mol. The first kappa shape index (κ1) is 10.3. The van der Waals surface area contributed by atoms with E-state index in [1.807, 2.05) is 20.8 Å². The summed E-state index contributed by atoms with van der Waals surface area (Å²) in [4.78, 5) is 0. The molecule has 0 aromatic heterocycles. The normalized spacial score (nSPS) is 15.0. The lowest BCUT2D eigenvalue weighted by Crippen LogP contribution is -1.87. The third kappa shape index (κ3) is 4.67. The summed E-state index contributed by atoms with van der Waals surface area (Å²) < 4.78 is 0. The van der Waals surface area contributed by atoms with Gasteiger partial charge in [0.05, 0.1) is 0 Å². The van der Waals surface area contributed by atoms with Gasteiger partial charge in [-0.3, -0.25) is 0 Å². The standard InChI is InChI=1S/C9H12.C2H6/c1-2-6-9-7-4-3-5-8-9;1-2/h7H,3-5,8H2,1H3;1-2H3. The molecule has 0 N–H and O–H groups in total. The van der Waals surface area contributed by atoms with Crippen molar-refractivity contribution in [3.05, 3.63) is 11.6 Å². The summed E-state index contributed by atoms with van der Waals surface area (Å²) >= 11 is 0. The number of rotatable bonds is 0. The van der Waals surface area contributed by atoms with E-state index in [2.05, 4.69) is 17.9 Å². The van der Waals surface area contributed by atoms with Crippen LogP contribution in [0.2, 0.25) is 0 Å². The Morgan fingerprint density at radius 3 is 2.45 bits per heavy atom. The SMILES string of the molecule is CC.CC#CC1=CCCCC1. The molecular formula is C11H18. The third-order valence-electron chi connectivity index (χ3n) is 1.58. The van der Waals surface area contributed by atoms with E-state index in [0.29, 0.717) is 0 Å². The highest BCUT2D eigenvalue weighted by Gasteiger charge is 1.98. The first-order valence-corrected chi connectivity index (χ1v) is 4.55. The van der Waals surface area contributed by atoms with Crippen LogP contribution in [0.4, 0.5) is 0 Å². The fourth-order valence-electron chi connectivity index (χ4n) is 1.11. The molecule has 62 valence electrons. The molecule has 0 spiro atoms. The largest absolute Gasteiger partial charge is 0.102 e. The summed E-state index contributed by atoms with van der Waals surface area (Å²) in [6.07, 6.45) is 7.40. The Labute approximate surface area is 70.7 Å². The molecule has 0 aliphatic heterocycles. The first-order valence-electron chi connectivity index (χ1n) is 4.55. The van der Waals surface area contributed by atoms with Crippen molar-refractivity contribution in [3.8, 4) is 11.8 Å². The summed E-state index contributed by atoms with van der Waals surface area (Å²) in [6.45, 7) is 5.90. The van der Waals surface area contributed by atoms with E-state index in [4.69, 9.17) is 0 Å². The van der Waals surface area contributed by atoms with Gasteiger partial charge >= 0.3 is 0 Å². The minimum atomic E-state index is 1.21. The van der Waals surface area contributed by atoms with Gasteiger partial charge in [0.25, 0.3) is 0 Å². The van der Waals surface area contributed by atoms with Crippen molar-refractivity contribution in [2.24, 2.45) is 0 Å². The predicted octanol–water partition coefficient (Wildman–Crippen LogP) is 3.54. The van der Waals surface area contributed by atoms with Crippen molar-refractivity contribution in [3.63, 3.8) is 0 Å². The number of hydrogen-bond acceptors (Lipinski definition) is 0. The molecular weight excluding hydrogens is 132 g/mol. The Bertz CT molecular complexity index is 164. The Kier molecular flexibility index (Phi) is 6.94. The zero-order chi connectivity index (χ0) is 8.53. The van der Waals surface area contributed by atoms with Crippen LogP contribution in [-0.2, 0) is 0 Å². The van der Waals surface area contributed by atoms with Gasteiger partial charge in [-0.15, -0.1) is 5.92 Å². The lowest BCUT2D eigenvalue weighted by Gasteiger charge is -2.05. The zero-order valence-corrected chi connectivity index (χ0v) is 7.91. The highest BCUT2D eigenvalue weighted by Crippen LogP contribution is 2.15. The molecule has 0 amide bonds. The van der Waals surface area contributed by atoms with E-state index in [1.54, 1.807) is 0 Å². The van der Waals surface area contributed by atoms with Crippen LogP contribution in [-0.4, -0.2) is 0 Å². The summed E-state index contributed by atoms with van der Waals surface area (Å²) in [6, 6.07) is 0. The maximum atomic E-state index is 3.10. The molecule has 0 atom stereocenters. The second kappa shape index (κ2) is 7.41. The molecule has 1 rings (SSSR count). The number of hydrogen-bond donors (Lipinski definition) is 0. The summed E-state index contributed by atoms with van der Waals surface area (Å²) in [5.74, 6) is 6.01. The molecule has 0 bridgehead atoms. The summed E-state index contributed by atoms with van der Waals surface area (Å²) in [7, 11) is 0. The molecule has 0 radical (unpaired) electrons. The van der Waals surface area contributed by atoms with Crippen LogP contribution in [0.5, 0.6) is 0 Å². The highest BCUT2D eigenvalue weighted by atomic mass is 14.0. The van der Waals surface area contributed by atoms with Crippen LogP contribution in [0.3, 0.4) is 0 Å². The molecule has 11 heavy (non-hydrogen) atoms. The van der Waals surface area contributed by atoms with E-state index < -0.39 is 0 Å². The highest BCUT2D eigenvalue weighted by molar-refractivity contribution is 5.28. The van der Waals surface area contributed by atoms with Gasteiger partial charge in [-0.25, -0.2) is 0 Å². The van der Waals surface area contributed by atoms with Crippen LogP contribution >= 0.6 is 0 Å². The molecule has 0 aromatic carbocycles. The van der Waals surface area contributed by atoms with E-state index >= 15 is 0 Å². The Morgan fingerprint density at radius 1 is 1.27 bits per heavy atom. The van der Waals surface area contributed by atoms with Crippen molar-refractivity contribution in [2.45, 2.75) is 46.5 Å². The maximum absolute atomic E-state index is 3.10. The Morgan fingerprint density at radius 2 is 2.00 bits per heavy atom. The topological polar surface area (TPSA) is 0 Å². The smallest absolute Gasteiger partial charge is 0.00197 e. The average Bonchev–Trinajstić information content (AvgIpc) is 2.11. The van der Waals surface area contributed by atoms with Gasteiger partial charge in [-0.2, -0.15) is 0 Å². The van der Waals surface area contributed by atoms with E-state index in [1.165, 1.54) is 31.3 Å². The van der Waals surface area contributed by atoms with Gasteiger partial charge in [0.15, 0.2) is 0 Å². The van der Waals surface area contributed by atoms with Crippen molar-refractivity contribution in [1.29, 1.82) is 0 Å². The molecule has 1 aliphatic rings. The van der Waals surface area contributed by atoms with Crippen LogP contribution in [0.25, 0.3) is 0 Å². The van der Waals surface area contributed by atoms with Gasteiger partial charge in [-0.1, -0.05) is 25.8 Å². The summed E-state index contributed by atoms with van der Waals surface area (Å²) in [5, 5.41) is 0. The molecule has 0 saturated heterocycles.